The predicted molar refractivity (Wildman–Crippen MR) is 104 cm³/mol. The van der Waals surface area contributed by atoms with Gasteiger partial charge < -0.3 is 9.64 Å². The molecule has 2 aliphatic rings. The van der Waals surface area contributed by atoms with E-state index >= 15 is 0 Å². The van der Waals surface area contributed by atoms with E-state index < -0.39 is 0 Å². The molecule has 5 nitrogen and oxygen atoms in total. The molecule has 1 amide bonds. The number of carbonyl (C=O) groups is 1. The van der Waals surface area contributed by atoms with E-state index in [4.69, 9.17) is 4.74 Å². The topological polar surface area (TPSA) is 36.0 Å². The molecular weight excluding hydrogens is 326 g/mol. The van der Waals surface area contributed by atoms with Crippen LogP contribution in [0.3, 0.4) is 0 Å². The van der Waals surface area contributed by atoms with Crippen LogP contribution in [0.25, 0.3) is 0 Å². The molecular formula is C21H33N3O2. The number of amides is 1. The maximum absolute atomic E-state index is 11.6. The lowest BCUT2D eigenvalue weighted by atomic mass is 10.0. The molecule has 26 heavy (non-hydrogen) atoms. The number of nitrogens with zero attached hydrogens (tertiary/aromatic N) is 3. The Labute approximate surface area is 157 Å². The Bertz CT molecular complexity index is 551. The summed E-state index contributed by atoms with van der Waals surface area (Å²) in [6.45, 7) is 10.0. The van der Waals surface area contributed by atoms with Crippen molar-refractivity contribution in [2.24, 2.45) is 0 Å². The van der Waals surface area contributed by atoms with Crippen molar-refractivity contribution in [3.63, 3.8) is 0 Å². The van der Waals surface area contributed by atoms with Gasteiger partial charge in [0.2, 0.25) is 0 Å². The summed E-state index contributed by atoms with van der Waals surface area (Å²) in [6.07, 6.45) is 4.64. The first-order valence-corrected chi connectivity index (χ1v) is 10.2. The van der Waals surface area contributed by atoms with Crippen LogP contribution in [-0.2, 0) is 11.3 Å². The zero-order valence-electron chi connectivity index (χ0n) is 16.1. The fourth-order valence-electron chi connectivity index (χ4n) is 4.17. The van der Waals surface area contributed by atoms with Crippen molar-refractivity contribution in [3.8, 4) is 0 Å². The standard InChI is InChI=1S/C21H33N3O2/c1-2-11-23(13-7-14-24-15-16-26-21(24)25)20-10-6-12-22(18-20)17-19-8-4-3-5-9-19/h3-5,8-9,20H,2,6-7,10-18H2,1H3/t20-/m0/s1. The van der Waals surface area contributed by atoms with Gasteiger partial charge >= 0.3 is 6.09 Å². The minimum atomic E-state index is -0.140. The van der Waals surface area contributed by atoms with E-state index in [-0.39, 0.29) is 6.09 Å². The largest absolute Gasteiger partial charge is 0.448 e. The molecule has 2 heterocycles. The van der Waals surface area contributed by atoms with E-state index in [9.17, 15) is 4.79 Å². The van der Waals surface area contributed by atoms with Crippen molar-refractivity contribution >= 4 is 6.09 Å². The van der Waals surface area contributed by atoms with Crippen molar-refractivity contribution < 1.29 is 9.53 Å². The zero-order chi connectivity index (χ0) is 18.2. The van der Waals surface area contributed by atoms with E-state index in [2.05, 4.69) is 47.1 Å². The molecule has 0 aromatic heterocycles. The van der Waals surface area contributed by atoms with Gasteiger partial charge in [0, 0.05) is 32.2 Å². The van der Waals surface area contributed by atoms with E-state index in [0.717, 1.165) is 45.7 Å². The average molecular weight is 360 g/mol. The molecule has 3 rings (SSSR count). The van der Waals surface area contributed by atoms with Gasteiger partial charge in [-0.2, -0.15) is 0 Å². The highest BCUT2D eigenvalue weighted by atomic mass is 16.6. The molecule has 1 aromatic rings. The van der Waals surface area contributed by atoms with E-state index in [0.29, 0.717) is 12.6 Å². The Morgan fingerprint density at radius 2 is 2.04 bits per heavy atom. The lowest BCUT2D eigenvalue weighted by Gasteiger charge is -2.39. The lowest BCUT2D eigenvalue weighted by molar-refractivity contribution is 0.0898. The summed E-state index contributed by atoms with van der Waals surface area (Å²) >= 11 is 0. The molecule has 0 aliphatic carbocycles. The molecule has 0 bridgehead atoms. The van der Waals surface area contributed by atoms with Crippen molar-refractivity contribution in [2.75, 3.05) is 45.9 Å². The van der Waals surface area contributed by atoms with Crippen LogP contribution in [0.4, 0.5) is 4.79 Å². The highest BCUT2D eigenvalue weighted by Crippen LogP contribution is 2.19. The number of rotatable bonds is 9. The summed E-state index contributed by atoms with van der Waals surface area (Å²) in [4.78, 5) is 18.7. The van der Waals surface area contributed by atoms with Gasteiger partial charge in [-0.05, 0) is 44.3 Å². The minimum absolute atomic E-state index is 0.140. The maximum Gasteiger partial charge on any atom is 0.409 e. The van der Waals surface area contributed by atoms with Crippen LogP contribution in [0.5, 0.6) is 0 Å². The number of ether oxygens (including phenoxy) is 1. The second-order valence-electron chi connectivity index (χ2n) is 7.51. The van der Waals surface area contributed by atoms with Crippen LogP contribution >= 0.6 is 0 Å². The van der Waals surface area contributed by atoms with Gasteiger partial charge in [0.1, 0.15) is 6.61 Å². The number of hydrogen-bond acceptors (Lipinski definition) is 4. The summed E-state index contributed by atoms with van der Waals surface area (Å²) < 4.78 is 5.02. The Hall–Kier alpha value is -1.59. The van der Waals surface area contributed by atoms with Crippen LogP contribution in [0.2, 0.25) is 0 Å². The summed E-state index contributed by atoms with van der Waals surface area (Å²) in [7, 11) is 0. The number of cyclic esters (lactones) is 1. The monoisotopic (exact) mass is 359 g/mol. The van der Waals surface area contributed by atoms with Crippen LogP contribution < -0.4 is 0 Å². The number of benzene rings is 1. The van der Waals surface area contributed by atoms with Crippen molar-refractivity contribution in [2.45, 2.75) is 45.2 Å². The van der Waals surface area contributed by atoms with Crippen LogP contribution in [0, 0.1) is 0 Å². The van der Waals surface area contributed by atoms with E-state index in [1.165, 1.54) is 31.4 Å². The highest BCUT2D eigenvalue weighted by molar-refractivity contribution is 5.69. The lowest BCUT2D eigenvalue weighted by Crippen LogP contribution is -2.48. The Balaban J connectivity index is 1.48. The molecule has 5 heteroatoms. The second-order valence-corrected chi connectivity index (χ2v) is 7.51. The number of likely N-dealkylation sites (tertiary alicyclic amines) is 1. The molecule has 1 aromatic carbocycles. The molecule has 2 fully saturated rings. The summed E-state index contributed by atoms with van der Waals surface area (Å²) in [5.41, 5.74) is 1.41. The number of hydrogen-bond donors (Lipinski definition) is 0. The second kappa shape index (κ2) is 9.93. The van der Waals surface area contributed by atoms with Crippen LogP contribution in [-0.4, -0.2) is 72.7 Å². The van der Waals surface area contributed by atoms with Gasteiger partial charge in [-0.3, -0.25) is 9.80 Å². The highest BCUT2D eigenvalue weighted by Gasteiger charge is 2.26. The molecule has 1 atom stereocenters. The quantitative estimate of drug-likeness (QED) is 0.678. The number of piperidine rings is 1. The van der Waals surface area contributed by atoms with Gasteiger partial charge in [0.05, 0.1) is 6.54 Å². The molecule has 0 saturated carbocycles. The average Bonchev–Trinajstić information content (AvgIpc) is 3.07. The Morgan fingerprint density at radius 1 is 1.19 bits per heavy atom. The third kappa shape index (κ3) is 5.45. The van der Waals surface area contributed by atoms with Gasteiger partial charge in [-0.1, -0.05) is 37.3 Å². The van der Waals surface area contributed by atoms with Gasteiger partial charge in [0.15, 0.2) is 0 Å². The van der Waals surface area contributed by atoms with Crippen molar-refractivity contribution in [3.05, 3.63) is 35.9 Å². The van der Waals surface area contributed by atoms with E-state index in [1.54, 1.807) is 0 Å². The maximum atomic E-state index is 11.6. The van der Waals surface area contributed by atoms with Gasteiger partial charge in [-0.15, -0.1) is 0 Å². The van der Waals surface area contributed by atoms with Crippen molar-refractivity contribution in [1.29, 1.82) is 0 Å². The fraction of sp³-hybridized carbons (Fsp3) is 0.667. The van der Waals surface area contributed by atoms with Gasteiger partial charge in [0.25, 0.3) is 0 Å². The Morgan fingerprint density at radius 3 is 2.77 bits per heavy atom. The predicted octanol–water partition coefficient (Wildman–Crippen LogP) is 3.21. The minimum Gasteiger partial charge on any atom is -0.448 e. The molecule has 2 aliphatic heterocycles. The zero-order valence-corrected chi connectivity index (χ0v) is 16.1. The molecule has 2 saturated heterocycles. The summed E-state index contributed by atoms with van der Waals surface area (Å²) in [5.74, 6) is 0. The van der Waals surface area contributed by atoms with Crippen LogP contribution in [0.15, 0.2) is 30.3 Å². The smallest absolute Gasteiger partial charge is 0.409 e. The Kier molecular flexibility index (Phi) is 7.32. The van der Waals surface area contributed by atoms with E-state index in [1.807, 2.05) is 4.90 Å². The van der Waals surface area contributed by atoms with Crippen LogP contribution in [0.1, 0.15) is 38.2 Å². The first-order chi connectivity index (χ1) is 12.8. The number of carbonyl (C=O) groups excluding carboxylic acids is 1. The summed E-state index contributed by atoms with van der Waals surface area (Å²) in [5, 5.41) is 0. The molecule has 0 N–H and O–H groups in total. The first kappa shape index (κ1) is 19.2. The van der Waals surface area contributed by atoms with Crippen molar-refractivity contribution in [1.82, 2.24) is 14.7 Å². The third-order valence-electron chi connectivity index (χ3n) is 5.48. The molecule has 0 radical (unpaired) electrons. The molecule has 144 valence electrons. The fourth-order valence-corrected chi connectivity index (χ4v) is 4.17. The normalized spacial score (nSPS) is 21.4. The third-order valence-corrected chi connectivity index (χ3v) is 5.48. The SMILES string of the molecule is CCCN(CCCN1CCOC1=O)[C@H]1CCCN(Cc2ccccc2)C1. The molecule has 0 unspecified atom stereocenters. The summed E-state index contributed by atoms with van der Waals surface area (Å²) in [6, 6.07) is 11.4. The molecule has 0 spiro atoms. The first-order valence-electron chi connectivity index (χ1n) is 10.2. The van der Waals surface area contributed by atoms with Gasteiger partial charge in [-0.25, -0.2) is 4.79 Å².